The molecule has 0 saturated carbocycles. The van der Waals surface area contributed by atoms with Gasteiger partial charge in [0.05, 0.1) is 11.9 Å². The smallest absolute Gasteiger partial charge is 0.244 e. The normalized spacial score (nSPS) is 12.4. The van der Waals surface area contributed by atoms with E-state index in [9.17, 15) is 18.0 Å². The van der Waals surface area contributed by atoms with E-state index in [2.05, 4.69) is 5.32 Å². The molecule has 0 heterocycles. The Kier molecular flexibility index (Phi) is 9.53. The molecule has 0 fully saturated rings. The number of nitrogens with one attached hydrogen (secondary N) is 1. The van der Waals surface area contributed by atoms with Crippen LogP contribution in [0.4, 0.5) is 5.69 Å². The topological polar surface area (TPSA) is 86.8 Å². The van der Waals surface area contributed by atoms with Crippen molar-refractivity contribution in [3.8, 4) is 0 Å². The standard InChI is InChI=1S/C25H34ClN3O4S/c1-17(2)14-27-25(31)20(5)28(15-21-10-8-11-22(26)13-21)24(30)16-29(34(6,32)33)23-12-7-9-18(3)19(23)4/h7-13,17,20H,14-16H2,1-6H3,(H,27,31)/t20-/m0/s1. The van der Waals surface area contributed by atoms with E-state index in [1.165, 1.54) is 4.90 Å². The van der Waals surface area contributed by atoms with Crippen molar-refractivity contribution >= 4 is 39.1 Å². The molecular formula is C25H34ClN3O4S. The highest BCUT2D eigenvalue weighted by atomic mass is 35.5. The number of carbonyl (C=O) groups excluding carboxylic acids is 2. The number of hydrogen-bond donors (Lipinski definition) is 1. The quantitative estimate of drug-likeness (QED) is 0.528. The summed E-state index contributed by atoms with van der Waals surface area (Å²) in [6.07, 6.45) is 1.07. The largest absolute Gasteiger partial charge is 0.354 e. The van der Waals surface area contributed by atoms with Crippen LogP contribution in [0.25, 0.3) is 0 Å². The number of aryl methyl sites for hydroxylation is 1. The van der Waals surface area contributed by atoms with Gasteiger partial charge in [0.2, 0.25) is 21.8 Å². The predicted octanol–water partition coefficient (Wildman–Crippen LogP) is 3.91. The van der Waals surface area contributed by atoms with Crippen LogP contribution in [0.3, 0.4) is 0 Å². The molecule has 1 atom stereocenters. The number of rotatable bonds is 10. The van der Waals surface area contributed by atoms with Crippen molar-refractivity contribution < 1.29 is 18.0 Å². The van der Waals surface area contributed by atoms with Gasteiger partial charge in [-0.25, -0.2) is 8.42 Å². The van der Waals surface area contributed by atoms with E-state index in [0.29, 0.717) is 17.3 Å². The fourth-order valence-corrected chi connectivity index (χ4v) is 4.58. The highest BCUT2D eigenvalue weighted by Gasteiger charge is 2.30. The van der Waals surface area contributed by atoms with Gasteiger partial charge in [0.25, 0.3) is 0 Å². The fraction of sp³-hybridized carbons (Fsp3) is 0.440. The molecule has 0 spiro atoms. The monoisotopic (exact) mass is 507 g/mol. The first-order valence-corrected chi connectivity index (χ1v) is 13.4. The van der Waals surface area contributed by atoms with Crippen LogP contribution in [0.15, 0.2) is 42.5 Å². The van der Waals surface area contributed by atoms with Crippen LogP contribution in [-0.4, -0.2) is 50.5 Å². The summed E-state index contributed by atoms with van der Waals surface area (Å²) in [6.45, 7) is 9.46. The van der Waals surface area contributed by atoms with Crippen molar-refractivity contribution in [1.29, 1.82) is 0 Å². The molecule has 34 heavy (non-hydrogen) atoms. The number of halogens is 1. The van der Waals surface area contributed by atoms with Crippen molar-refractivity contribution in [3.63, 3.8) is 0 Å². The number of amides is 2. The van der Waals surface area contributed by atoms with Crippen LogP contribution in [0, 0.1) is 19.8 Å². The van der Waals surface area contributed by atoms with Crippen molar-refractivity contribution in [2.24, 2.45) is 5.92 Å². The van der Waals surface area contributed by atoms with Gasteiger partial charge in [-0.1, -0.05) is 49.7 Å². The minimum absolute atomic E-state index is 0.111. The molecule has 2 amide bonds. The molecule has 0 unspecified atom stereocenters. The molecule has 0 aromatic heterocycles. The summed E-state index contributed by atoms with van der Waals surface area (Å²) in [5.41, 5.74) is 2.86. The fourth-order valence-electron chi connectivity index (χ4n) is 3.47. The number of benzene rings is 2. The predicted molar refractivity (Wildman–Crippen MR) is 137 cm³/mol. The maximum atomic E-state index is 13.6. The lowest BCUT2D eigenvalue weighted by atomic mass is 10.1. The zero-order chi connectivity index (χ0) is 25.6. The Labute approximate surface area is 208 Å². The van der Waals surface area contributed by atoms with Gasteiger partial charge in [-0.15, -0.1) is 0 Å². The Morgan fingerprint density at radius 1 is 1.06 bits per heavy atom. The first-order valence-electron chi connectivity index (χ1n) is 11.2. The summed E-state index contributed by atoms with van der Waals surface area (Å²) in [5, 5.41) is 3.36. The van der Waals surface area contributed by atoms with Gasteiger partial charge in [-0.2, -0.15) is 0 Å². The second kappa shape index (κ2) is 11.7. The maximum Gasteiger partial charge on any atom is 0.244 e. The highest BCUT2D eigenvalue weighted by Crippen LogP contribution is 2.25. The Morgan fingerprint density at radius 2 is 1.71 bits per heavy atom. The van der Waals surface area contributed by atoms with Crippen molar-refractivity contribution in [2.45, 2.75) is 47.2 Å². The average molecular weight is 508 g/mol. The summed E-state index contributed by atoms with van der Waals surface area (Å²) in [5.74, 6) is -0.543. The summed E-state index contributed by atoms with van der Waals surface area (Å²) in [7, 11) is -3.77. The van der Waals surface area contributed by atoms with E-state index in [4.69, 9.17) is 11.6 Å². The van der Waals surface area contributed by atoms with E-state index in [-0.39, 0.29) is 18.4 Å². The summed E-state index contributed by atoms with van der Waals surface area (Å²) < 4.78 is 26.5. The molecular weight excluding hydrogens is 474 g/mol. The molecule has 2 rings (SSSR count). The molecule has 1 N–H and O–H groups in total. The Balaban J connectivity index is 2.41. The molecule has 0 aliphatic rings. The van der Waals surface area contributed by atoms with Crippen LogP contribution in [0.2, 0.25) is 5.02 Å². The summed E-state index contributed by atoms with van der Waals surface area (Å²) >= 11 is 6.12. The third-order valence-electron chi connectivity index (χ3n) is 5.62. The molecule has 186 valence electrons. The summed E-state index contributed by atoms with van der Waals surface area (Å²) in [6, 6.07) is 11.5. The van der Waals surface area contributed by atoms with Gasteiger partial charge in [0, 0.05) is 18.1 Å². The van der Waals surface area contributed by atoms with Gasteiger partial charge in [0.1, 0.15) is 12.6 Å². The molecule has 0 saturated heterocycles. The Morgan fingerprint density at radius 3 is 2.29 bits per heavy atom. The SMILES string of the molecule is Cc1cccc(N(CC(=O)N(Cc2cccc(Cl)c2)[C@@H](C)C(=O)NCC(C)C)S(C)(=O)=O)c1C. The van der Waals surface area contributed by atoms with Crippen LogP contribution in [0.5, 0.6) is 0 Å². The average Bonchev–Trinajstić information content (AvgIpc) is 2.75. The van der Waals surface area contributed by atoms with Crippen LogP contribution in [0.1, 0.15) is 37.5 Å². The first kappa shape index (κ1) is 27.7. The van der Waals surface area contributed by atoms with Gasteiger partial charge in [0.15, 0.2) is 0 Å². The van der Waals surface area contributed by atoms with Crippen LogP contribution < -0.4 is 9.62 Å². The zero-order valence-electron chi connectivity index (χ0n) is 20.6. The first-order chi connectivity index (χ1) is 15.8. The maximum absolute atomic E-state index is 13.6. The van der Waals surface area contributed by atoms with Crippen LogP contribution in [-0.2, 0) is 26.2 Å². The molecule has 2 aromatic rings. The van der Waals surface area contributed by atoms with Gasteiger partial charge in [-0.3, -0.25) is 13.9 Å². The van der Waals surface area contributed by atoms with Gasteiger partial charge < -0.3 is 10.2 Å². The number of sulfonamides is 1. The molecule has 9 heteroatoms. The molecule has 2 aromatic carbocycles. The van der Waals surface area contributed by atoms with E-state index in [0.717, 1.165) is 27.3 Å². The Bertz CT molecular complexity index is 1130. The minimum atomic E-state index is -3.77. The highest BCUT2D eigenvalue weighted by molar-refractivity contribution is 7.92. The van der Waals surface area contributed by atoms with Gasteiger partial charge >= 0.3 is 0 Å². The third-order valence-corrected chi connectivity index (χ3v) is 6.98. The van der Waals surface area contributed by atoms with Crippen molar-refractivity contribution in [1.82, 2.24) is 10.2 Å². The number of hydrogen-bond acceptors (Lipinski definition) is 4. The Hall–Kier alpha value is -2.58. The van der Waals surface area contributed by atoms with Gasteiger partial charge in [-0.05, 0) is 61.6 Å². The molecule has 0 aliphatic carbocycles. The molecule has 7 nitrogen and oxygen atoms in total. The lowest BCUT2D eigenvalue weighted by Gasteiger charge is -2.32. The van der Waals surface area contributed by atoms with Crippen molar-refractivity contribution in [2.75, 3.05) is 23.7 Å². The lowest BCUT2D eigenvalue weighted by Crippen LogP contribution is -2.51. The van der Waals surface area contributed by atoms with E-state index in [1.807, 2.05) is 39.8 Å². The number of nitrogens with zero attached hydrogens (tertiary/aromatic N) is 2. The molecule has 0 radical (unpaired) electrons. The molecule has 0 aliphatic heterocycles. The van der Waals surface area contributed by atoms with Crippen molar-refractivity contribution in [3.05, 3.63) is 64.2 Å². The third kappa shape index (κ3) is 7.46. The zero-order valence-corrected chi connectivity index (χ0v) is 22.2. The lowest BCUT2D eigenvalue weighted by molar-refractivity contribution is -0.139. The second-order valence-corrected chi connectivity index (χ2v) is 11.3. The second-order valence-electron chi connectivity index (χ2n) is 8.96. The van der Waals surface area contributed by atoms with E-state index < -0.39 is 28.5 Å². The van der Waals surface area contributed by atoms with Crippen LogP contribution >= 0.6 is 11.6 Å². The van der Waals surface area contributed by atoms with E-state index >= 15 is 0 Å². The molecule has 0 bridgehead atoms. The van der Waals surface area contributed by atoms with E-state index in [1.54, 1.807) is 37.3 Å². The minimum Gasteiger partial charge on any atom is -0.354 e. The number of anilines is 1. The number of carbonyl (C=O) groups is 2. The summed E-state index contributed by atoms with van der Waals surface area (Å²) in [4.78, 5) is 27.8.